The third kappa shape index (κ3) is 3.36. The molecular weight excluding hydrogens is 368 g/mol. The van der Waals surface area contributed by atoms with Gasteiger partial charge in [-0.25, -0.2) is 18.1 Å². The summed E-state index contributed by atoms with van der Waals surface area (Å²) in [6.07, 6.45) is 4.51. The predicted molar refractivity (Wildman–Crippen MR) is 99.4 cm³/mol. The first-order valence-electron chi connectivity index (χ1n) is 8.26. The van der Waals surface area contributed by atoms with E-state index in [0.29, 0.717) is 29.2 Å². The summed E-state index contributed by atoms with van der Waals surface area (Å²) in [7, 11) is -3.31. The highest BCUT2D eigenvalue weighted by Crippen LogP contribution is 2.25. The molecule has 27 heavy (non-hydrogen) atoms. The van der Waals surface area contributed by atoms with E-state index in [1.54, 1.807) is 30.1 Å². The zero-order valence-electron chi connectivity index (χ0n) is 14.8. The molecule has 0 unspecified atom stereocenters. The first-order valence-corrected chi connectivity index (χ1v) is 10.2. The molecule has 0 bridgehead atoms. The topological polar surface area (TPSA) is 120 Å². The Hall–Kier alpha value is -2.98. The van der Waals surface area contributed by atoms with Crippen LogP contribution in [0.25, 0.3) is 22.2 Å². The number of H-pyrrole nitrogens is 1. The summed E-state index contributed by atoms with van der Waals surface area (Å²) in [5.41, 5.74) is 4.28. The van der Waals surface area contributed by atoms with Crippen molar-refractivity contribution in [3.8, 4) is 11.3 Å². The van der Waals surface area contributed by atoms with Crippen molar-refractivity contribution in [1.29, 1.82) is 0 Å². The van der Waals surface area contributed by atoms with Gasteiger partial charge in [0, 0.05) is 12.3 Å². The summed E-state index contributed by atoms with van der Waals surface area (Å²) in [5, 5.41) is 20.6. The second-order valence-electron chi connectivity index (χ2n) is 6.47. The fourth-order valence-electron chi connectivity index (χ4n) is 3.11. The molecule has 3 heterocycles. The number of sulfonamides is 1. The van der Waals surface area contributed by atoms with Gasteiger partial charge in [-0.1, -0.05) is 17.0 Å². The van der Waals surface area contributed by atoms with Crippen molar-refractivity contribution in [1.82, 2.24) is 24.6 Å². The Morgan fingerprint density at radius 3 is 2.96 bits per heavy atom. The normalized spacial score (nSPS) is 12.2. The SMILES string of the molecule is Cc1c2cc(CNS(C)(=O)=O)nc-2cn(Cc2cccc3[nH]ncc23)[n+]1[O-]. The van der Waals surface area contributed by atoms with E-state index in [-0.39, 0.29) is 6.54 Å². The third-order valence-electron chi connectivity index (χ3n) is 4.46. The Morgan fingerprint density at radius 2 is 2.19 bits per heavy atom. The number of aromatic nitrogens is 5. The molecule has 0 atom stereocenters. The first-order chi connectivity index (χ1) is 12.8. The minimum Gasteiger partial charge on any atom is -0.596 e. The van der Waals surface area contributed by atoms with Crippen LogP contribution < -0.4 is 9.57 Å². The number of nitrogens with zero attached hydrogens (tertiary/aromatic N) is 4. The van der Waals surface area contributed by atoms with Crippen molar-refractivity contribution in [2.24, 2.45) is 0 Å². The van der Waals surface area contributed by atoms with Crippen molar-refractivity contribution < 1.29 is 13.3 Å². The highest BCUT2D eigenvalue weighted by atomic mass is 32.2. The van der Waals surface area contributed by atoms with E-state index in [9.17, 15) is 13.6 Å². The molecule has 2 aliphatic heterocycles. The van der Waals surface area contributed by atoms with Crippen molar-refractivity contribution >= 4 is 20.9 Å². The predicted octanol–water partition coefficient (Wildman–Crippen LogP) is 0.904. The Balaban J connectivity index is 1.72. The molecule has 0 saturated carbocycles. The number of benzene rings is 1. The van der Waals surface area contributed by atoms with Crippen molar-refractivity contribution in [3.63, 3.8) is 0 Å². The summed E-state index contributed by atoms with van der Waals surface area (Å²) in [4.78, 5) is 5.28. The number of nitrogens with one attached hydrogen (secondary N) is 2. The lowest BCUT2D eigenvalue weighted by Gasteiger charge is -2.13. The summed E-state index contributed by atoms with van der Waals surface area (Å²) in [5.74, 6) is 0. The Kier molecular flexibility index (Phi) is 4.08. The van der Waals surface area contributed by atoms with Gasteiger partial charge in [-0.15, -0.1) is 4.68 Å². The fraction of sp³-hybridized carbons (Fsp3) is 0.235. The van der Waals surface area contributed by atoms with E-state index in [1.807, 2.05) is 18.2 Å². The van der Waals surface area contributed by atoms with E-state index >= 15 is 0 Å². The zero-order chi connectivity index (χ0) is 19.2. The Labute approximate surface area is 155 Å². The number of hydrogen-bond acceptors (Lipinski definition) is 5. The quantitative estimate of drug-likeness (QED) is 0.390. The van der Waals surface area contributed by atoms with Gasteiger partial charge in [0.05, 0.1) is 47.7 Å². The van der Waals surface area contributed by atoms with Gasteiger partial charge >= 0.3 is 0 Å². The molecule has 2 N–H and O–H groups in total. The lowest BCUT2D eigenvalue weighted by Crippen LogP contribution is -2.43. The first kappa shape index (κ1) is 17.4. The number of aromatic amines is 1. The van der Waals surface area contributed by atoms with Crippen molar-refractivity contribution in [2.45, 2.75) is 20.0 Å². The molecule has 2 aromatic rings. The van der Waals surface area contributed by atoms with Gasteiger partial charge < -0.3 is 5.21 Å². The fourth-order valence-corrected chi connectivity index (χ4v) is 3.52. The lowest BCUT2D eigenvalue weighted by atomic mass is 10.1. The molecule has 0 amide bonds. The molecule has 2 aliphatic rings. The highest BCUT2D eigenvalue weighted by molar-refractivity contribution is 7.88. The monoisotopic (exact) mass is 386 g/mol. The van der Waals surface area contributed by atoms with Crippen LogP contribution >= 0.6 is 0 Å². The molecule has 1 aromatic heterocycles. The maximum Gasteiger partial charge on any atom is 0.225 e. The smallest absolute Gasteiger partial charge is 0.225 e. The Bertz CT molecular complexity index is 1210. The van der Waals surface area contributed by atoms with E-state index in [1.165, 1.54) is 0 Å². The minimum atomic E-state index is -3.31. The van der Waals surface area contributed by atoms with Gasteiger partial charge in [-0.3, -0.25) is 5.10 Å². The van der Waals surface area contributed by atoms with Gasteiger partial charge in [0.15, 0.2) is 0 Å². The maximum absolute atomic E-state index is 12.7. The molecule has 9 nitrogen and oxygen atoms in total. The average Bonchev–Trinajstić information content (AvgIpc) is 3.24. The van der Waals surface area contributed by atoms with Gasteiger partial charge in [0.1, 0.15) is 6.54 Å². The van der Waals surface area contributed by atoms with Gasteiger partial charge in [-0.2, -0.15) is 5.10 Å². The molecule has 0 fully saturated rings. The number of rotatable bonds is 5. The molecular formula is C17H18N6O3S. The van der Waals surface area contributed by atoms with Crippen LogP contribution in [0.5, 0.6) is 0 Å². The van der Waals surface area contributed by atoms with Crippen LogP contribution in [0.15, 0.2) is 36.7 Å². The molecule has 1 aromatic carbocycles. The van der Waals surface area contributed by atoms with Crippen LogP contribution in [0.4, 0.5) is 0 Å². The standard InChI is InChI=1S/C17H18N6O3S/c1-11-14-6-13(7-19-27(2,25)26)20-17(14)10-22(23(11)24)9-12-4-3-5-16-15(12)8-18-21-16/h3-6,8,10,19H,7,9H2,1-2H3,(H,18,21). The van der Waals surface area contributed by atoms with Crippen molar-refractivity contribution in [3.05, 3.63) is 58.8 Å². The molecule has 0 spiro atoms. The van der Waals surface area contributed by atoms with Crippen LogP contribution in [0, 0.1) is 12.1 Å². The largest absolute Gasteiger partial charge is 0.596 e. The maximum atomic E-state index is 12.7. The number of fused-ring (bicyclic) bond motifs is 2. The van der Waals surface area contributed by atoms with E-state index < -0.39 is 10.0 Å². The summed E-state index contributed by atoms with van der Waals surface area (Å²) in [6, 6.07) is 7.52. The summed E-state index contributed by atoms with van der Waals surface area (Å²) >= 11 is 0. The molecule has 10 heteroatoms. The van der Waals surface area contributed by atoms with E-state index in [0.717, 1.165) is 27.6 Å². The second kappa shape index (κ2) is 6.32. The van der Waals surface area contributed by atoms with E-state index in [2.05, 4.69) is 19.9 Å². The summed E-state index contributed by atoms with van der Waals surface area (Å²) in [6.45, 7) is 2.17. The molecule has 0 aliphatic carbocycles. The number of hydrogen-bond donors (Lipinski definition) is 2. The minimum absolute atomic E-state index is 0.0835. The van der Waals surface area contributed by atoms with Gasteiger partial charge in [0.2, 0.25) is 15.7 Å². The lowest BCUT2D eigenvalue weighted by molar-refractivity contribution is -0.703. The van der Waals surface area contributed by atoms with E-state index in [4.69, 9.17) is 0 Å². The zero-order valence-corrected chi connectivity index (χ0v) is 15.6. The van der Waals surface area contributed by atoms with Crippen LogP contribution in [0.2, 0.25) is 0 Å². The molecule has 140 valence electrons. The third-order valence-corrected chi connectivity index (χ3v) is 5.12. The Morgan fingerprint density at radius 1 is 1.37 bits per heavy atom. The highest BCUT2D eigenvalue weighted by Gasteiger charge is 2.21. The van der Waals surface area contributed by atoms with Gasteiger partial charge in [-0.05, 0) is 17.7 Å². The second-order valence-corrected chi connectivity index (χ2v) is 8.31. The van der Waals surface area contributed by atoms with Crippen LogP contribution in [0.3, 0.4) is 0 Å². The average molecular weight is 386 g/mol. The summed E-state index contributed by atoms with van der Waals surface area (Å²) < 4.78 is 26.5. The molecule has 4 rings (SSSR count). The molecule has 0 saturated heterocycles. The molecule has 0 radical (unpaired) electrons. The van der Waals surface area contributed by atoms with Gasteiger partial charge in [0.25, 0.3) is 0 Å². The van der Waals surface area contributed by atoms with Crippen LogP contribution in [0.1, 0.15) is 17.0 Å². The van der Waals surface area contributed by atoms with Crippen LogP contribution in [-0.4, -0.2) is 34.5 Å². The van der Waals surface area contributed by atoms with Crippen molar-refractivity contribution in [2.75, 3.05) is 6.26 Å². The van der Waals surface area contributed by atoms with Crippen LogP contribution in [-0.2, 0) is 23.1 Å².